The summed E-state index contributed by atoms with van der Waals surface area (Å²) in [6, 6.07) is 17.4. The predicted octanol–water partition coefficient (Wildman–Crippen LogP) is 10.9. The minimum absolute atomic E-state index is 0. The zero-order valence-electron chi connectivity index (χ0n) is 20.4. The van der Waals surface area contributed by atoms with Crippen LogP contribution in [0.5, 0.6) is 0 Å². The Bertz CT molecular complexity index is 1020. The summed E-state index contributed by atoms with van der Waals surface area (Å²) in [5.41, 5.74) is 5.19. The van der Waals surface area contributed by atoms with Crippen molar-refractivity contribution in [1.82, 2.24) is 10.2 Å². The number of aliphatic carboxylic acids is 1. The third-order valence-corrected chi connectivity index (χ3v) is 8.86. The van der Waals surface area contributed by atoms with E-state index >= 15 is 0 Å². The van der Waals surface area contributed by atoms with E-state index in [2.05, 4.69) is 79.2 Å². The summed E-state index contributed by atoms with van der Waals surface area (Å²) in [6.07, 6.45) is 3.76. The van der Waals surface area contributed by atoms with Crippen LogP contribution in [0.15, 0.2) is 63.8 Å². The monoisotopic (exact) mass is 578 g/mol. The molecule has 1 heterocycles. The Kier molecular flexibility index (Phi) is 23.2. The number of benzene rings is 2. The van der Waals surface area contributed by atoms with E-state index in [1.165, 1.54) is 23.1 Å². The Morgan fingerprint density at radius 2 is 1.32 bits per heavy atom. The molecule has 0 amide bonds. The second-order valence-corrected chi connectivity index (χ2v) is 11.5. The van der Waals surface area contributed by atoms with Crippen molar-refractivity contribution in [2.45, 2.75) is 96.3 Å². The lowest BCUT2D eigenvalue weighted by molar-refractivity contribution is -0.141. The number of carbonyl (C=O) groups is 1. The molecule has 1 N–H and O–H groups in total. The van der Waals surface area contributed by atoms with Crippen molar-refractivity contribution < 1.29 is 9.90 Å². The molecule has 214 valence electrons. The summed E-state index contributed by atoms with van der Waals surface area (Å²) in [6.45, 7) is 11.9. The van der Waals surface area contributed by atoms with Crippen LogP contribution in [-0.2, 0) is 16.3 Å². The number of hydrogen-bond acceptors (Lipinski definition) is 6. The van der Waals surface area contributed by atoms with E-state index < -0.39 is 5.97 Å². The van der Waals surface area contributed by atoms with Gasteiger partial charge in [-0.3, -0.25) is 4.79 Å². The standard InChI is InChI=1S/C22H24N2S3.C5H10O2.4CH4/c1-4-16(3)20-12-10-19(11-13-20)15-26-22-24-23-21(27-22)25-14-18-8-6-17(5-2)7-9-18;1-3-4(2)5(6)7;;;;/h5-13,16H,2,4,14-15H2,1,3H3;4H,3H2,1-2H3,(H,6,7);4*1H4. The Morgan fingerprint density at radius 3 is 1.66 bits per heavy atom. The molecule has 2 atom stereocenters. The minimum Gasteiger partial charge on any atom is -0.481 e. The first-order valence-corrected chi connectivity index (χ1v) is 14.3. The Hall–Kier alpha value is -2.09. The van der Waals surface area contributed by atoms with Crippen LogP contribution in [0.25, 0.3) is 6.08 Å². The van der Waals surface area contributed by atoms with Gasteiger partial charge in [-0.15, -0.1) is 10.2 Å². The fraction of sp³-hybridized carbons (Fsp3) is 0.452. The molecule has 1 aromatic heterocycles. The Labute approximate surface area is 245 Å². The zero-order chi connectivity index (χ0) is 24.9. The van der Waals surface area contributed by atoms with E-state index in [4.69, 9.17) is 5.11 Å². The predicted molar refractivity (Wildman–Crippen MR) is 175 cm³/mol. The van der Waals surface area contributed by atoms with Crippen molar-refractivity contribution >= 4 is 46.9 Å². The van der Waals surface area contributed by atoms with Gasteiger partial charge in [-0.2, -0.15) is 0 Å². The molecule has 0 aliphatic carbocycles. The lowest BCUT2D eigenvalue weighted by Gasteiger charge is -2.09. The van der Waals surface area contributed by atoms with E-state index in [9.17, 15) is 4.79 Å². The minimum atomic E-state index is -0.706. The fourth-order valence-corrected chi connectivity index (χ4v) is 5.64. The molecule has 0 saturated heterocycles. The van der Waals surface area contributed by atoms with Crippen LogP contribution in [0.4, 0.5) is 0 Å². The second-order valence-electron chi connectivity index (χ2n) is 8.06. The largest absolute Gasteiger partial charge is 0.481 e. The highest BCUT2D eigenvalue weighted by Gasteiger charge is 2.08. The van der Waals surface area contributed by atoms with Crippen molar-refractivity contribution in [2.75, 3.05) is 0 Å². The maximum atomic E-state index is 9.93. The van der Waals surface area contributed by atoms with Crippen molar-refractivity contribution in [3.05, 3.63) is 77.4 Å². The van der Waals surface area contributed by atoms with E-state index in [1.54, 1.807) is 41.8 Å². The zero-order valence-corrected chi connectivity index (χ0v) is 22.8. The van der Waals surface area contributed by atoms with Crippen LogP contribution in [0.1, 0.15) is 98.4 Å². The summed E-state index contributed by atoms with van der Waals surface area (Å²) < 4.78 is 2.06. The topological polar surface area (TPSA) is 63.1 Å². The molecular weight excluding hydrogens is 529 g/mol. The summed E-state index contributed by atoms with van der Waals surface area (Å²) in [7, 11) is 0. The van der Waals surface area contributed by atoms with Gasteiger partial charge in [0.25, 0.3) is 0 Å². The highest BCUT2D eigenvalue weighted by molar-refractivity contribution is 8.02. The molecule has 3 aromatic rings. The van der Waals surface area contributed by atoms with Crippen LogP contribution in [0.2, 0.25) is 0 Å². The number of carboxylic acids is 1. The first-order chi connectivity index (χ1) is 16.4. The van der Waals surface area contributed by atoms with Crippen LogP contribution in [-0.4, -0.2) is 21.3 Å². The molecule has 0 saturated carbocycles. The lowest BCUT2D eigenvalue weighted by Crippen LogP contribution is -2.06. The molecule has 0 bridgehead atoms. The molecule has 0 aliphatic heterocycles. The molecule has 4 nitrogen and oxygen atoms in total. The van der Waals surface area contributed by atoms with Crippen molar-refractivity contribution in [3.63, 3.8) is 0 Å². The smallest absolute Gasteiger partial charge is 0.306 e. The third kappa shape index (κ3) is 14.2. The number of rotatable bonds is 11. The molecule has 7 heteroatoms. The SMILES string of the molecule is C.C.C.C.C=Cc1ccc(CSc2nnc(SCc3ccc(C(C)CC)cc3)s2)cc1.CCC(C)C(=O)O. The summed E-state index contributed by atoms with van der Waals surface area (Å²) in [5.74, 6) is 1.58. The van der Waals surface area contributed by atoms with Gasteiger partial charge in [-0.05, 0) is 41.0 Å². The van der Waals surface area contributed by atoms with E-state index in [0.29, 0.717) is 5.92 Å². The van der Waals surface area contributed by atoms with Crippen LogP contribution < -0.4 is 0 Å². The highest BCUT2D eigenvalue weighted by atomic mass is 32.2. The molecular formula is C31H50N2O2S3. The van der Waals surface area contributed by atoms with Gasteiger partial charge in [0.05, 0.1) is 5.92 Å². The first-order valence-electron chi connectivity index (χ1n) is 11.5. The first kappa shape index (κ1) is 40.4. The molecule has 0 radical (unpaired) electrons. The van der Waals surface area contributed by atoms with Crippen molar-refractivity contribution in [1.29, 1.82) is 0 Å². The van der Waals surface area contributed by atoms with E-state index in [-0.39, 0.29) is 35.6 Å². The molecule has 0 aliphatic rings. The van der Waals surface area contributed by atoms with Gasteiger partial charge in [0.2, 0.25) is 0 Å². The van der Waals surface area contributed by atoms with Gasteiger partial charge in [0.1, 0.15) is 0 Å². The van der Waals surface area contributed by atoms with Gasteiger partial charge >= 0.3 is 5.97 Å². The molecule has 2 unspecified atom stereocenters. The van der Waals surface area contributed by atoms with E-state index in [1.807, 2.05) is 13.0 Å². The normalized spacial score (nSPS) is 11.1. The van der Waals surface area contributed by atoms with Gasteiger partial charge in [0, 0.05) is 11.5 Å². The average Bonchev–Trinajstić information content (AvgIpc) is 3.34. The number of nitrogens with zero attached hydrogens (tertiary/aromatic N) is 2. The lowest BCUT2D eigenvalue weighted by atomic mass is 9.98. The van der Waals surface area contributed by atoms with E-state index in [0.717, 1.165) is 32.2 Å². The quantitative estimate of drug-likeness (QED) is 0.228. The molecule has 2 aromatic carbocycles. The van der Waals surface area contributed by atoms with Gasteiger partial charge in [-0.25, -0.2) is 0 Å². The summed E-state index contributed by atoms with van der Waals surface area (Å²) in [5, 5.41) is 16.8. The number of hydrogen-bond donors (Lipinski definition) is 1. The Balaban J connectivity index is -0.000000990. The number of aromatic nitrogens is 2. The fourth-order valence-electron chi connectivity index (χ4n) is 2.71. The van der Waals surface area contributed by atoms with Gasteiger partial charge in [0.15, 0.2) is 8.68 Å². The Morgan fingerprint density at radius 1 is 0.868 bits per heavy atom. The highest BCUT2D eigenvalue weighted by Crippen LogP contribution is 2.32. The maximum Gasteiger partial charge on any atom is 0.306 e. The van der Waals surface area contributed by atoms with Gasteiger partial charge < -0.3 is 5.11 Å². The van der Waals surface area contributed by atoms with Crippen LogP contribution in [0.3, 0.4) is 0 Å². The van der Waals surface area contributed by atoms with Crippen LogP contribution >= 0.6 is 34.9 Å². The summed E-state index contributed by atoms with van der Waals surface area (Å²) >= 11 is 5.18. The second kappa shape index (κ2) is 21.8. The molecule has 0 spiro atoms. The maximum absolute atomic E-state index is 9.93. The number of carboxylic acid groups (broad SMARTS) is 1. The summed E-state index contributed by atoms with van der Waals surface area (Å²) in [4.78, 5) is 9.93. The molecule has 3 rings (SSSR count). The van der Waals surface area contributed by atoms with Crippen molar-refractivity contribution in [3.8, 4) is 0 Å². The average molecular weight is 579 g/mol. The third-order valence-electron chi connectivity index (χ3n) is 5.52. The molecule has 38 heavy (non-hydrogen) atoms. The number of thioether (sulfide) groups is 2. The van der Waals surface area contributed by atoms with Crippen molar-refractivity contribution in [2.24, 2.45) is 5.92 Å². The van der Waals surface area contributed by atoms with Gasteiger partial charge in [-0.1, -0.05) is 153 Å². The molecule has 0 fully saturated rings. The van der Waals surface area contributed by atoms with Crippen LogP contribution in [0, 0.1) is 5.92 Å².